The van der Waals surface area contributed by atoms with Gasteiger partial charge in [-0.1, -0.05) is 19.1 Å². The van der Waals surface area contributed by atoms with Crippen LogP contribution in [0.3, 0.4) is 0 Å². The maximum atomic E-state index is 4.85. The van der Waals surface area contributed by atoms with Crippen LogP contribution in [0.4, 0.5) is 5.13 Å². The van der Waals surface area contributed by atoms with Gasteiger partial charge in [0.2, 0.25) is 5.13 Å². The zero-order valence-corrected chi connectivity index (χ0v) is 17.9. The number of aliphatic imine (C=N–C) groups is 1. The maximum absolute atomic E-state index is 4.85. The number of aromatic nitrogens is 4. The number of rotatable bonds is 6. The molecule has 29 heavy (non-hydrogen) atoms. The molecular weight excluding hydrogens is 384 g/mol. The number of fused-ring (bicyclic) bond motifs is 1. The number of aromatic amines is 1. The molecule has 8 nitrogen and oxygen atoms in total. The third kappa shape index (κ3) is 4.67. The molecule has 1 fully saturated rings. The quantitative estimate of drug-likeness (QED) is 0.477. The molecule has 0 saturated carbocycles. The SMILES string of the molecule is CCNC(=NCCc1nc2ccccc2[nH]1)N1CCN(c2nc(CC)ns2)CC1. The normalized spacial score (nSPS) is 15.3. The highest BCUT2D eigenvalue weighted by Crippen LogP contribution is 2.19. The minimum Gasteiger partial charge on any atom is -0.357 e. The fourth-order valence-corrected chi connectivity index (χ4v) is 4.25. The first-order valence-corrected chi connectivity index (χ1v) is 11.1. The van der Waals surface area contributed by atoms with Gasteiger partial charge in [-0.15, -0.1) is 0 Å². The number of nitrogens with one attached hydrogen (secondary N) is 2. The Morgan fingerprint density at radius 2 is 2.00 bits per heavy atom. The molecule has 0 bridgehead atoms. The van der Waals surface area contributed by atoms with Crippen molar-refractivity contribution in [3.8, 4) is 0 Å². The number of hydrogen-bond acceptors (Lipinski definition) is 6. The first-order valence-electron chi connectivity index (χ1n) is 10.3. The molecule has 2 N–H and O–H groups in total. The molecule has 0 atom stereocenters. The van der Waals surface area contributed by atoms with Gasteiger partial charge in [-0.25, -0.2) is 9.97 Å². The van der Waals surface area contributed by atoms with Gasteiger partial charge in [0.05, 0.1) is 11.0 Å². The molecule has 0 unspecified atom stereocenters. The van der Waals surface area contributed by atoms with Crippen molar-refractivity contribution in [1.29, 1.82) is 0 Å². The van der Waals surface area contributed by atoms with Gasteiger partial charge in [-0.05, 0) is 19.1 Å². The van der Waals surface area contributed by atoms with Crippen LogP contribution in [-0.2, 0) is 12.8 Å². The van der Waals surface area contributed by atoms with Crippen molar-refractivity contribution in [2.24, 2.45) is 4.99 Å². The Kier molecular flexibility index (Phi) is 6.24. The third-order valence-electron chi connectivity index (χ3n) is 5.01. The average Bonchev–Trinajstić information content (AvgIpc) is 3.40. The summed E-state index contributed by atoms with van der Waals surface area (Å²) in [5.74, 6) is 2.90. The van der Waals surface area contributed by atoms with Crippen LogP contribution in [0.1, 0.15) is 25.5 Å². The van der Waals surface area contributed by atoms with Crippen LogP contribution >= 0.6 is 11.5 Å². The molecule has 1 saturated heterocycles. The number of piperazine rings is 1. The maximum Gasteiger partial charge on any atom is 0.205 e. The lowest BCUT2D eigenvalue weighted by molar-refractivity contribution is 0.372. The molecule has 1 aromatic carbocycles. The molecule has 0 amide bonds. The van der Waals surface area contributed by atoms with Crippen LogP contribution in [0.5, 0.6) is 0 Å². The standard InChI is InChI=1S/C20H28N8S/c1-3-17-25-20(29-26-17)28-13-11-27(12-14-28)19(21-4-2)22-10-9-18-23-15-7-5-6-8-16(15)24-18/h5-8H,3-4,9-14H2,1-2H3,(H,21,22)(H,23,24). The minimum atomic E-state index is 0.707. The van der Waals surface area contributed by atoms with E-state index in [1.807, 2.05) is 18.2 Å². The summed E-state index contributed by atoms with van der Waals surface area (Å²) >= 11 is 1.50. The molecule has 2 aromatic heterocycles. The lowest BCUT2D eigenvalue weighted by atomic mass is 10.3. The van der Waals surface area contributed by atoms with Crippen molar-refractivity contribution < 1.29 is 0 Å². The monoisotopic (exact) mass is 412 g/mol. The van der Waals surface area contributed by atoms with Gasteiger partial charge in [0.25, 0.3) is 0 Å². The third-order valence-corrected chi connectivity index (χ3v) is 5.82. The number of hydrogen-bond donors (Lipinski definition) is 2. The number of nitrogens with zero attached hydrogens (tertiary/aromatic N) is 6. The van der Waals surface area contributed by atoms with E-state index in [9.17, 15) is 0 Å². The van der Waals surface area contributed by atoms with Crippen molar-refractivity contribution >= 4 is 33.7 Å². The molecular formula is C20H28N8S. The fraction of sp³-hybridized carbons (Fsp3) is 0.500. The van der Waals surface area contributed by atoms with E-state index in [-0.39, 0.29) is 0 Å². The van der Waals surface area contributed by atoms with E-state index in [0.29, 0.717) is 6.54 Å². The van der Waals surface area contributed by atoms with Crippen molar-refractivity contribution in [1.82, 2.24) is 29.5 Å². The molecule has 9 heteroatoms. The van der Waals surface area contributed by atoms with Gasteiger partial charge in [0.1, 0.15) is 11.6 Å². The Hall–Kier alpha value is -2.68. The van der Waals surface area contributed by atoms with E-state index in [1.54, 1.807) is 0 Å². The van der Waals surface area contributed by atoms with Crippen molar-refractivity contribution in [2.45, 2.75) is 26.7 Å². The van der Waals surface area contributed by atoms with Crippen LogP contribution in [0.15, 0.2) is 29.3 Å². The van der Waals surface area contributed by atoms with Gasteiger partial charge >= 0.3 is 0 Å². The minimum absolute atomic E-state index is 0.707. The summed E-state index contributed by atoms with van der Waals surface area (Å²) in [4.78, 5) is 22.1. The molecule has 3 heterocycles. The summed E-state index contributed by atoms with van der Waals surface area (Å²) in [7, 11) is 0. The molecule has 3 aromatic rings. The van der Waals surface area contributed by atoms with Crippen molar-refractivity contribution in [3.05, 3.63) is 35.9 Å². The largest absolute Gasteiger partial charge is 0.357 e. The molecule has 4 rings (SSSR count). The Labute approximate surface area is 175 Å². The van der Waals surface area contributed by atoms with Crippen LogP contribution < -0.4 is 10.2 Å². The molecule has 154 valence electrons. The van der Waals surface area contributed by atoms with Crippen molar-refractivity contribution in [2.75, 3.05) is 44.2 Å². The van der Waals surface area contributed by atoms with E-state index in [2.05, 4.69) is 54.4 Å². The number of benzene rings is 1. The summed E-state index contributed by atoms with van der Waals surface area (Å²) in [6.07, 6.45) is 1.69. The number of para-hydroxylation sites is 2. The summed E-state index contributed by atoms with van der Waals surface area (Å²) < 4.78 is 4.41. The zero-order valence-electron chi connectivity index (χ0n) is 17.1. The van der Waals surface area contributed by atoms with Gasteiger partial charge in [-0.2, -0.15) is 4.37 Å². The number of aryl methyl sites for hydroxylation is 1. The zero-order chi connectivity index (χ0) is 20.1. The highest BCUT2D eigenvalue weighted by molar-refractivity contribution is 7.09. The number of guanidine groups is 1. The summed E-state index contributed by atoms with van der Waals surface area (Å²) in [6.45, 7) is 9.50. The lowest BCUT2D eigenvalue weighted by Gasteiger charge is -2.36. The second kappa shape index (κ2) is 9.21. The van der Waals surface area contributed by atoms with Gasteiger partial charge in [-0.3, -0.25) is 4.99 Å². The summed E-state index contributed by atoms with van der Waals surface area (Å²) in [5, 5.41) is 4.47. The highest BCUT2D eigenvalue weighted by Gasteiger charge is 2.22. The molecule has 0 aliphatic carbocycles. The van der Waals surface area contributed by atoms with Gasteiger partial charge in [0.15, 0.2) is 5.96 Å². The van der Waals surface area contributed by atoms with Crippen LogP contribution in [0, 0.1) is 0 Å². The Morgan fingerprint density at radius 3 is 2.72 bits per heavy atom. The fourth-order valence-electron chi connectivity index (χ4n) is 3.44. The summed E-state index contributed by atoms with van der Waals surface area (Å²) in [5.41, 5.74) is 2.09. The second-order valence-corrected chi connectivity index (χ2v) is 7.74. The van der Waals surface area contributed by atoms with E-state index < -0.39 is 0 Å². The van der Waals surface area contributed by atoms with Crippen LogP contribution in [0.25, 0.3) is 11.0 Å². The topological polar surface area (TPSA) is 85.3 Å². The molecule has 0 radical (unpaired) electrons. The lowest BCUT2D eigenvalue weighted by Crippen LogP contribution is -2.52. The highest BCUT2D eigenvalue weighted by atomic mass is 32.1. The van der Waals surface area contributed by atoms with E-state index in [4.69, 9.17) is 4.99 Å². The molecule has 1 aliphatic heterocycles. The Bertz CT molecular complexity index is 921. The van der Waals surface area contributed by atoms with E-state index in [1.165, 1.54) is 11.5 Å². The summed E-state index contributed by atoms with van der Waals surface area (Å²) in [6, 6.07) is 8.12. The van der Waals surface area contributed by atoms with Crippen molar-refractivity contribution in [3.63, 3.8) is 0 Å². The number of H-pyrrole nitrogens is 1. The van der Waals surface area contributed by atoms with Crippen LogP contribution in [0.2, 0.25) is 0 Å². The predicted octanol–water partition coefficient (Wildman–Crippen LogP) is 2.31. The smallest absolute Gasteiger partial charge is 0.205 e. The van der Waals surface area contributed by atoms with Gasteiger partial charge in [0, 0.05) is 63.6 Å². The van der Waals surface area contributed by atoms with E-state index >= 15 is 0 Å². The van der Waals surface area contributed by atoms with Crippen LogP contribution in [-0.4, -0.2) is 69.5 Å². The Balaban J connectivity index is 1.34. The molecule has 0 spiro atoms. The average molecular weight is 413 g/mol. The number of anilines is 1. The van der Waals surface area contributed by atoms with Gasteiger partial charge < -0.3 is 20.1 Å². The number of imidazole rings is 1. The second-order valence-electron chi connectivity index (χ2n) is 7.01. The van der Waals surface area contributed by atoms with E-state index in [0.717, 1.165) is 79.3 Å². The molecule has 1 aliphatic rings. The first-order chi connectivity index (χ1) is 14.3. The Morgan fingerprint density at radius 1 is 1.17 bits per heavy atom. The first kappa shape index (κ1) is 19.6. The predicted molar refractivity (Wildman–Crippen MR) is 119 cm³/mol.